The van der Waals surface area contributed by atoms with Crippen molar-refractivity contribution in [2.24, 2.45) is 0 Å². The monoisotopic (exact) mass is 291 g/mol. The lowest BCUT2D eigenvalue weighted by atomic mass is 10.2. The van der Waals surface area contributed by atoms with E-state index in [9.17, 15) is 4.39 Å². The minimum absolute atomic E-state index is 0.296. The van der Waals surface area contributed by atoms with Crippen LogP contribution in [0.5, 0.6) is 0 Å². The van der Waals surface area contributed by atoms with Crippen LogP contribution < -0.4 is 0 Å². The molecule has 2 aromatic carbocycles. The van der Waals surface area contributed by atoms with Crippen molar-refractivity contribution in [2.45, 2.75) is 15.7 Å². The molecule has 1 aromatic heterocycles. The van der Waals surface area contributed by atoms with E-state index in [1.807, 2.05) is 48.5 Å². The van der Waals surface area contributed by atoms with Gasteiger partial charge < -0.3 is 4.98 Å². The zero-order valence-corrected chi connectivity index (χ0v) is 11.6. The van der Waals surface area contributed by atoms with Crippen LogP contribution >= 0.6 is 23.4 Å². The molecule has 3 aromatic rings. The van der Waals surface area contributed by atoms with Gasteiger partial charge in [0.25, 0.3) is 0 Å². The minimum Gasteiger partial charge on any atom is -0.330 e. The van der Waals surface area contributed by atoms with Crippen molar-refractivity contribution >= 4 is 34.3 Å². The number of halogens is 2. The maximum Gasteiger partial charge on any atom is 0.206 e. The fourth-order valence-corrected chi connectivity index (χ4v) is 3.39. The van der Waals surface area contributed by atoms with E-state index >= 15 is 0 Å². The van der Waals surface area contributed by atoms with Crippen molar-refractivity contribution in [2.75, 3.05) is 0 Å². The van der Waals surface area contributed by atoms with Crippen LogP contribution in [-0.4, -0.2) is 4.98 Å². The standard InChI is InChI=1S/C15H11ClFNS/c16-9-10-5-1-4-8-13(10)19-14-11-6-2-3-7-12(11)18-15(14)17/h1-8,18H,9H2. The normalized spacial score (nSPS) is 11.1. The van der Waals surface area contributed by atoms with E-state index in [0.717, 1.165) is 21.4 Å². The quantitative estimate of drug-likeness (QED) is 0.656. The molecule has 96 valence electrons. The van der Waals surface area contributed by atoms with E-state index in [-0.39, 0.29) is 5.95 Å². The van der Waals surface area contributed by atoms with Gasteiger partial charge in [0.05, 0.1) is 4.90 Å². The average molecular weight is 292 g/mol. The van der Waals surface area contributed by atoms with Gasteiger partial charge >= 0.3 is 0 Å². The van der Waals surface area contributed by atoms with E-state index in [1.165, 1.54) is 11.8 Å². The molecular weight excluding hydrogens is 281 g/mol. The van der Waals surface area contributed by atoms with Crippen LogP contribution in [0, 0.1) is 5.95 Å². The summed E-state index contributed by atoms with van der Waals surface area (Å²) >= 11 is 7.33. The number of hydrogen-bond donors (Lipinski definition) is 1. The summed E-state index contributed by atoms with van der Waals surface area (Å²) in [5.74, 6) is 0.128. The van der Waals surface area contributed by atoms with Crippen molar-refractivity contribution in [3.05, 3.63) is 60.0 Å². The molecule has 1 nitrogen and oxygen atoms in total. The number of nitrogens with one attached hydrogen (secondary N) is 1. The molecule has 0 aliphatic carbocycles. The molecule has 0 saturated heterocycles. The van der Waals surface area contributed by atoms with Gasteiger partial charge in [-0.15, -0.1) is 11.6 Å². The second kappa shape index (κ2) is 5.27. The first-order valence-corrected chi connectivity index (χ1v) is 7.22. The number of aromatic amines is 1. The highest BCUT2D eigenvalue weighted by Gasteiger charge is 2.13. The topological polar surface area (TPSA) is 15.8 Å². The molecule has 0 unspecified atom stereocenters. The molecule has 19 heavy (non-hydrogen) atoms. The van der Waals surface area contributed by atoms with Gasteiger partial charge in [0, 0.05) is 21.7 Å². The Morgan fingerprint density at radius 3 is 2.63 bits per heavy atom. The summed E-state index contributed by atoms with van der Waals surface area (Å²) in [6.07, 6.45) is 0. The molecule has 3 rings (SSSR count). The van der Waals surface area contributed by atoms with Crippen molar-refractivity contribution in [3.63, 3.8) is 0 Å². The van der Waals surface area contributed by atoms with Crippen LogP contribution in [-0.2, 0) is 5.88 Å². The highest BCUT2D eigenvalue weighted by molar-refractivity contribution is 7.99. The summed E-state index contributed by atoms with van der Waals surface area (Å²) < 4.78 is 14.0. The van der Waals surface area contributed by atoms with Gasteiger partial charge in [0.2, 0.25) is 5.95 Å². The first-order chi connectivity index (χ1) is 9.29. The van der Waals surface area contributed by atoms with Crippen LogP contribution in [0.15, 0.2) is 58.3 Å². The Bertz CT molecular complexity index is 723. The van der Waals surface area contributed by atoms with Crippen LogP contribution in [0.2, 0.25) is 0 Å². The smallest absolute Gasteiger partial charge is 0.206 e. The molecule has 0 saturated carbocycles. The first-order valence-electron chi connectivity index (χ1n) is 5.87. The van der Waals surface area contributed by atoms with Crippen LogP contribution in [0.4, 0.5) is 4.39 Å². The Balaban J connectivity index is 2.08. The number of benzene rings is 2. The van der Waals surface area contributed by atoms with Gasteiger partial charge in [-0.2, -0.15) is 4.39 Å². The number of hydrogen-bond acceptors (Lipinski definition) is 1. The third kappa shape index (κ3) is 2.36. The summed E-state index contributed by atoms with van der Waals surface area (Å²) in [5.41, 5.74) is 1.82. The van der Waals surface area contributed by atoms with Crippen molar-refractivity contribution in [1.82, 2.24) is 4.98 Å². The molecule has 0 bridgehead atoms. The van der Waals surface area contributed by atoms with Gasteiger partial charge in [0.15, 0.2) is 0 Å². The minimum atomic E-state index is -0.296. The van der Waals surface area contributed by atoms with Gasteiger partial charge in [-0.1, -0.05) is 48.2 Å². The van der Waals surface area contributed by atoms with Gasteiger partial charge in [-0.05, 0) is 17.7 Å². The fourth-order valence-electron chi connectivity index (χ4n) is 2.01. The number of fused-ring (bicyclic) bond motifs is 1. The Morgan fingerprint density at radius 2 is 1.79 bits per heavy atom. The molecule has 4 heteroatoms. The SMILES string of the molecule is Fc1[nH]c2ccccc2c1Sc1ccccc1CCl. The van der Waals surface area contributed by atoms with Crippen LogP contribution in [0.25, 0.3) is 10.9 Å². The summed E-state index contributed by atoms with van der Waals surface area (Å²) in [6, 6.07) is 15.4. The van der Waals surface area contributed by atoms with E-state index < -0.39 is 0 Å². The summed E-state index contributed by atoms with van der Waals surface area (Å²) in [4.78, 5) is 4.37. The van der Waals surface area contributed by atoms with Gasteiger partial charge in [-0.25, -0.2) is 0 Å². The third-order valence-electron chi connectivity index (χ3n) is 2.94. The highest BCUT2D eigenvalue weighted by atomic mass is 35.5. The summed E-state index contributed by atoms with van der Waals surface area (Å²) in [6.45, 7) is 0. The predicted molar refractivity (Wildman–Crippen MR) is 78.4 cm³/mol. The van der Waals surface area contributed by atoms with Gasteiger partial charge in [-0.3, -0.25) is 0 Å². The number of alkyl halides is 1. The van der Waals surface area contributed by atoms with Crippen molar-refractivity contribution < 1.29 is 4.39 Å². The molecule has 0 fully saturated rings. The first kappa shape index (κ1) is 12.6. The van der Waals surface area contributed by atoms with E-state index in [0.29, 0.717) is 10.8 Å². The Morgan fingerprint density at radius 1 is 1.05 bits per heavy atom. The number of rotatable bonds is 3. The lowest BCUT2D eigenvalue weighted by Gasteiger charge is -2.05. The predicted octanol–water partition coefficient (Wildman–Crippen LogP) is 5.20. The van der Waals surface area contributed by atoms with E-state index in [4.69, 9.17) is 11.6 Å². The van der Waals surface area contributed by atoms with Crippen LogP contribution in [0.1, 0.15) is 5.56 Å². The van der Waals surface area contributed by atoms with Crippen molar-refractivity contribution in [1.29, 1.82) is 0 Å². The number of H-pyrrole nitrogens is 1. The molecule has 0 radical (unpaired) electrons. The maximum atomic E-state index is 14.0. The molecular formula is C15H11ClFNS. The molecule has 0 aliphatic heterocycles. The number of aromatic nitrogens is 1. The zero-order chi connectivity index (χ0) is 13.2. The van der Waals surface area contributed by atoms with Gasteiger partial charge in [0.1, 0.15) is 0 Å². The number of para-hydroxylation sites is 1. The van der Waals surface area contributed by atoms with Crippen molar-refractivity contribution in [3.8, 4) is 0 Å². The Kier molecular flexibility index (Phi) is 3.49. The highest BCUT2D eigenvalue weighted by Crippen LogP contribution is 2.37. The fraction of sp³-hybridized carbons (Fsp3) is 0.0667. The largest absolute Gasteiger partial charge is 0.330 e. The molecule has 0 spiro atoms. The third-order valence-corrected chi connectivity index (χ3v) is 4.45. The molecule has 1 N–H and O–H groups in total. The van der Waals surface area contributed by atoms with E-state index in [1.54, 1.807) is 0 Å². The molecule has 0 amide bonds. The Hall–Kier alpha value is -1.45. The van der Waals surface area contributed by atoms with E-state index in [2.05, 4.69) is 4.98 Å². The molecule has 0 aliphatic rings. The maximum absolute atomic E-state index is 14.0. The zero-order valence-electron chi connectivity index (χ0n) is 9.99. The second-order valence-electron chi connectivity index (χ2n) is 4.16. The molecule has 0 atom stereocenters. The average Bonchev–Trinajstić information content (AvgIpc) is 2.76. The summed E-state index contributed by atoms with van der Waals surface area (Å²) in [5, 5.41) is 0.898. The lowest BCUT2D eigenvalue weighted by molar-refractivity contribution is 0.572. The van der Waals surface area contributed by atoms with Crippen LogP contribution in [0.3, 0.4) is 0 Å². The lowest BCUT2D eigenvalue weighted by Crippen LogP contribution is -1.83. The Labute approximate surface area is 119 Å². The molecule has 1 heterocycles. The second-order valence-corrected chi connectivity index (χ2v) is 5.48. The summed E-state index contributed by atoms with van der Waals surface area (Å²) in [7, 11) is 0.